The molecule has 43 heavy (non-hydrogen) atoms. The average molecular weight is 582 g/mol. The van der Waals surface area contributed by atoms with Gasteiger partial charge in [-0.25, -0.2) is 0 Å². The Hall–Kier alpha value is -3.84. The SMILES string of the molecule is C=CCOCCCCCCCCCCCOc1ccc(N=Nc2ccc(N=Nc3ccc(N4CCCC4)cc3)cc2)cc1. The Balaban J connectivity index is 1.07. The summed E-state index contributed by atoms with van der Waals surface area (Å²) in [6.45, 7) is 8.22. The average Bonchev–Trinajstić information content (AvgIpc) is 3.60. The second-order valence-electron chi connectivity index (χ2n) is 11.0. The lowest BCUT2D eigenvalue weighted by Crippen LogP contribution is -2.17. The zero-order valence-corrected chi connectivity index (χ0v) is 25.6. The van der Waals surface area contributed by atoms with Gasteiger partial charge < -0.3 is 14.4 Å². The van der Waals surface area contributed by atoms with Crippen LogP contribution in [0.2, 0.25) is 0 Å². The molecule has 228 valence electrons. The fraction of sp³-hybridized carbons (Fsp3) is 0.444. The van der Waals surface area contributed by atoms with Crippen LogP contribution < -0.4 is 9.64 Å². The first-order valence-corrected chi connectivity index (χ1v) is 16.0. The zero-order valence-electron chi connectivity index (χ0n) is 25.6. The topological polar surface area (TPSA) is 71.1 Å². The Morgan fingerprint density at radius 1 is 0.558 bits per heavy atom. The van der Waals surface area contributed by atoms with Crippen molar-refractivity contribution >= 4 is 28.4 Å². The quantitative estimate of drug-likeness (QED) is 0.0757. The molecule has 1 fully saturated rings. The number of benzene rings is 3. The molecule has 4 rings (SSSR count). The van der Waals surface area contributed by atoms with Gasteiger partial charge in [-0.1, -0.05) is 51.0 Å². The summed E-state index contributed by atoms with van der Waals surface area (Å²) in [5, 5.41) is 17.4. The van der Waals surface area contributed by atoms with Crippen molar-refractivity contribution in [3.05, 3.63) is 85.5 Å². The number of hydrogen-bond donors (Lipinski definition) is 0. The number of anilines is 1. The van der Waals surface area contributed by atoms with Gasteiger partial charge >= 0.3 is 0 Å². The normalized spacial score (nSPS) is 13.3. The van der Waals surface area contributed by atoms with E-state index in [1.807, 2.05) is 66.7 Å². The molecule has 1 heterocycles. The summed E-state index contributed by atoms with van der Waals surface area (Å²) in [6.07, 6.45) is 15.6. The van der Waals surface area contributed by atoms with E-state index in [0.717, 1.165) is 67.6 Å². The predicted octanol–water partition coefficient (Wildman–Crippen LogP) is 11.2. The second kappa shape index (κ2) is 19.4. The molecule has 0 N–H and O–H groups in total. The van der Waals surface area contributed by atoms with Crippen molar-refractivity contribution < 1.29 is 9.47 Å². The predicted molar refractivity (Wildman–Crippen MR) is 177 cm³/mol. The number of rotatable bonds is 20. The molecule has 3 aromatic rings. The van der Waals surface area contributed by atoms with Crippen molar-refractivity contribution in [3.63, 3.8) is 0 Å². The summed E-state index contributed by atoms with van der Waals surface area (Å²) < 4.78 is 11.3. The first kappa shape index (κ1) is 32.1. The van der Waals surface area contributed by atoms with Crippen LogP contribution in [0.3, 0.4) is 0 Å². The van der Waals surface area contributed by atoms with E-state index in [1.165, 1.54) is 63.5 Å². The zero-order chi connectivity index (χ0) is 29.8. The van der Waals surface area contributed by atoms with Crippen molar-refractivity contribution in [2.45, 2.75) is 70.6 Å². The van der Waals surface area contributed by atoms with Gasteiger partial charge in [0.2, 0.25) is 0 Å². The monoisotopic (exact) mass is 581 g/mol. The molecule has 0 amide bonds. The highest BCUT2D eigenvalue weighted by molar-refractivity contribution is 5.54. The van der Waals surface area contributed by atoms with Crippen LogP contribution >= 0.6 is 0 Å². The van der Waals surface area contributed by atoms with Crippen molar-refractivity contribution in [2.75, 3.05) is 37.8 Å². The van der Waals surface area contributed by atoms with Gasteiger partial charge in [0.05, 0.1) is 36.0 Å². The van der Waals surface area contributed by atoms with Gasteiger partial charge in [-0.3, -0.25) is 0 Å². The Morgan fingerprint density at radius 2 is 0.977 bits per heavy atom. The van der Waals surface area contributed by atoms with Crippen molar-refractivity contribution in [2.24, 2.45) is 20.5 Å². The maximum atomic E-state index is 5.91. The van der Waals surface area contributed by atoms with E-state index < -0.39 is 0 Å². The third kappa shape index (κ3) is 12.5. The van der Waals surface area contributed by atoms with E-state index in [2.05, 4.69) is 44.1 Å². The smallest absolute Gasteiger partial charge is 0.119 e. The Bertz CT molecular complexity index is 1230. The first-order chi connectivity index (χ1) is 21.3. The molecule has 0 unspecified atom stereocenters. The van der Waals surface area contributed by atoms with Crippen LogP contribution in [0.15, 0.2) is 106 Å². The fourth-order valence-corrected chi connectivity index (χ4v) is 5.03. The largest absolute Gasteiger partial charge is 0.494 e. The Labute approximate surface area is 257 Å². The van der Waals surface area contributed by atoms with E-state index >= 15 is 0 Å². The van der Waals surface area contributed by atoms with Crippen LogP contribution in [0.4, 0.5) is 28.4 Å². The van der Waals surface area contributed by atoms with Crippen LogP contribution in [0, 0.1) is 0 Å². The van der Waals surface area contributed by atoms with Crippen LogP contribution in [-0.4, -0.2) is 32.9 Å². The van der Waals surface area contributed by atoms with Crippen molar-refractivity contribution in [1.29, 1.82) is 0 Å². The standard InChI is InChI=1S/C36H47N5O2/c1-2-28-42-29-12-8-6-4-3-5-7-9-13-30-43-36-24-20-34(21-25-36)40-38-32-16-14-31(15-17-32)37-39-33-18-22-35(23-19-33)41-26-10-11-27-41/h2,14-25H,1,3-13,26-30H2. The minimum Gasteiger partial charge on any atom is -0.494 e. The minimum atomic E-state index is 0.669. The molecule has 1 aliphatic heterocycles. The van der Waals surface area contributed by atoms with Gasteiger partial charge in [0.1, 0.15) is 5.75 Å². The maximum absolute atomic E-state index is 5.91. The molecule has 0 atom stereocenters. The summed E-state index contributed by atoms with van der Waals surface area (Å²) in [5.41, 5.74) is 4.44. The van der Waals surface area contributed by atoms with E-state index in [0.29, 0.717) is 6.61 Å². The number of azo groups is 2. The molecular weight excluding hydrogens is 534 g/mol. The van der Waals surface area contributed by atoms with E-state index in [9.17, 15) is 0 Å². The van der Waals surface area contributed by atoms with E-state index in [4.69, 9.17) is 9.47 Å². The number of nitrogens with zero attached hydrogens (tertiary/aromatic N) is 5. The van der Waals surface area contributed by atoms with Gasteiger partial charge in [-0.15, -0.1) is 6.58 Å². The Kier molecular flexibility index (Phi) is 14.5. The molecule has 0 radical (unpaired) electrons. The summed E-state index contributed by atoms with van der Waals surface area (Å²) in [5.74, 6) is 0.872. The molecule has 3 aromatic carbocycles. The lowest BCUT2D eigenvalue weighted by Gasteiger charge is -2.17. The first-order valence-electron chi connectivity index (χ1n) is 16.0. The molecule has 0 bridgehead atoms. The van der Waals surface area contributed by atoms with Crippen molar-refractivity contribution in [3.8, 4) is 5.75 Å². The molecule has 7 heteroatoms. The molecule has 0 aliphatic carbocycles. The minimum absolute atomic E-state index is 0.669. The van der Waals surface area contributed by atoms with Crippen LogP contribution in [-0.2, 0) is 4.74 Å². The van der Waals surface area contributed by atoms with Gasteiger partial charge in [-0.05, 0) is 98.5 Å². The highest BCUT2D eigenvalue weighted by atomic mass is 16.5. The van der Waals surface area contributed by atoms with Crippen molar-refractivity contribution in [1.82, 2.24) is 0 Å². The number of hydrogen-bond acceptors (Lipinski definition) is 7. The third-order valence-electron chi connectivity index (χ3n) is 7.51. The maximum Gasteiger partial charge on any atom is 0.119 e. The molecule has 1 saturated heterocycles. The van der Waals surface area contributed by atoms with Gasteiger partial charge in [0, 0.05) is 25.4 Å². The van der Waals surface area contributed by atoms with E-state index in [1.54, 1.807) is 0 Å². The lowest BCUT2D eigenvalue weighted by molar-refractivity contribution is 0.157. The molecule has 1 aliphatic rings. The lowest BCUT2D eigenvalue weighted by atomic mass is 10.1. The van der Waals surface area contributed by atoms with Crippen LogP contribution in [0.5, 0.6) is 5.75 Å². The highest BCUT2D eigenvalue weighted by Crippen LogP contribution is 2.26. The second-order valence-corrected chi connectivity index (χ2v) is 11.0. The number of ether oxygens (including phenoxy) is 2. The third-order valence-corrected chi connectivity index (χ3v) is 7.51. The molecule has 0 saturated carbocycles. The highest BCUT2D eigenvalue weighted by Gasteiger charge is 2.11. The number of unbranched alkanes of at least 4 members (excludes halogenated alkanes) is 8. The molecule has 7 nitrogen and oxygen atoms in total. The van der Waals surface area contributed by atoms with Gasteiger partial charge in [-0.2, -0.15) is 20.5 Å². The van der Waals surface area contributed by atoms with Crippen LogP contribution in [0.1, 0.15) is 70.6 Å². The molecular formula is C36H47N5O2. The summed E-state index contributed by atoms with van der Waals surface area (Å²) >= 11 is 0. The summed E-state index contributed by atoms with van der Waals surface area (Å²) in [7, 11) is 0. The van der Waals surface area contributed by atoms with Crippen LogP contribution in [0.25, 0.3) is 0 Å². The van der Waals surface area contributed by atoms with Gasteiger partial charge in [0.25, 0.3) is 0 Å². The summed E-state index contributed by atoms with van der Waals surface area (Å²) in [6, 6.07) is 23.7. The molecule has 0 spiro atoms. The Morgan fingerprint density at radius 3 is 1.47 bits per heavy atom. The fourth-order valence-electron chi connectivity index (χ4n) is 5.03. The van der Waals surface area contributed by atoms with Gasteiger partial charge in [0.15, 0.2) is 0 Å². The van der Waals surface area contributed by atoms with E-state index in [-0.39, 0.29) is 0 Å². The molecule has 0 aromatic heterocycles. The summed E-state index contributed by atoms with van der Waals surface area (Å²) in [4.78, 5) is 2.41.